The summed E-state index contributed by atoms with van der Waals surface area (Å²) in [5.41, 5.74) is 4.77. The number of carbonyl (C=O) groups is 1. The average Bonchev–Trinajstić information content (AvgIpc) is 2.66. The molecular formula is C9H11N5O6. The van der Waals surface area contributed by atoms with Crippen LogP contribution in [0.1, 0.15) is 0 Å². The van der Waals surface area contributed by atoms with Gasteiger partial charge in [0.25, 0.3) is 0 Å². The van der Waals surface area contributed by atoms with E-state index in [2.05, 4.69) is 15.3 Å². The predicted molar refractivity (Wildman–Crippen MR) is 63.5 cm³/mol. The fourth-order valence-corrected chi connectivity index (χ4v) is 1.72. The molecule has 1 aromatic rings. The fraction of sp³-hybridized carbons (Fsp3) is 0.444. The number of aromatic nitrogens is 2. The van der Waals surface area contributed by atoms with Crippen LogP contribution in [0.3, 0.4) is 0 Å². The van der Waals surface area contributed by atoms with Crippen LogP contribution in [0.5, 0.6) is 0 Å². The maximum absolute atomic E-state index is 11.5. The van der Waals surface area contributed by atoms with Gasteiger partial charge in [-0.05, 0) is 0 Å². The molecule has 108 valence electrons. The van der Waals surface area contributed by atoms with E-state index in [1.807, 2.05) is 0 Å². The third-order valence-corrected chi connectivity index (χ3v) is 2.68. The first-order valence-corrected chi connectivity index (χ1v) is 5.45. The largest absolute Gasteiger partial charge is 0.393 e. The summed E-state index contributed by atoms with van der Waals surface area (Å²) in [4.78, 5) is 28.6. The van der Waals surface area contributed by atoms with Gasteiger partial charge in [0.15, 0.2) is 18.1 Å². The lowest BCUT2D eigenvalue weighted by atomic mass is 10.2. The zero-order chi connectivity index (χ0) is 14.9. The normalized spacial score (nSPS) is 25.7. The smallest absolute Gasteiger partial charge is 0.353 e. The monoisotopic (exact) mass is 285 g/mol. The predicted octanol–water partition coefficient (Wildman–Crippen LogP) is -1.97. The second-order valence-electron chi connectivity index (χ2n) is 3.93. The number of rotatable bonds is 4. The van der Waals surface area contributed by atoms with Crippen molar-refractivity contribution in [1.82, 2.24) is 9.97 Å². The molecule has 0 spiro atoms. The molecule has 0 aromatic carbocycles. The summed E-state index contributed by atoms with van der Waals surface area (Å²) >= 11 is 0. The van der Waals surface area contributed by atoms with E-state index >= 15 is 0 Å². The van der Waals surface area contributed by atoms with Crippen molar-refractivity contribution in [2.45, 2.75) is 18.4 Å². The summed E-state index contributed by atoms with van der Waals surface area (Å²) in [6.07, 6.45) is -3.06. The summed E-state index contributed by atoms with van der Waals surface area (Å²) in [6.45, 7) is -0.609. The first-order valence-electron chi connectivity index (χ1n) is 5.45. The molecule has 1 saturated heterocycles. The highest BCUT2D eigenvalue weighted by molar-refractivity contribution is 5.90. The highest BCUT2D eigenvalue weighted by atomic mass is 16.6. The molecule has 1 aliphatic rings. The number of nitrogens with one attached hydrogen (secondary N) is 1. The van der Waals surface area contributed by atoms with Crippen molar-refractivity contribution < 1.29 is 24.7 Å². The van der Waals surface area contributed by atoms with Crippen LogP contribution in [0, 0.1) is 10.1 Å². The number of Topliss-reactive ketones (excluding diaryl/α,β-unsaturated/α-hetero) is 1. The molecule has 0 amide bonds. The Morgan fingerprint density at radius 1 is 1.55 bits per heavy atom. The molecule has 0 saturated carbocycles. The lowest BCUT2D eigenvalue weighted by Gasteiger charge is -2.15. The minimum absolute atomic E-state index is 0.294. The van der Waals surface area contributed by atoms with Crippen molar-refractivity contribution in [3.05, 3.63) is 16.4 Å². The van der Waals surface area contributed by atoms with Gasteiger partial charge in [-0.15, -0.1) is 0 Å². The van der Waals surface area contributed by atoms with Crippen LogP contribution in [0.2, 0.25) is 0 Å². The van der Waals surface area contributed by atoms with Crippen molar-refractivity contribution in [3.63, 3.8) is 0 Å². The van der Waals surface area contributed by atoms with E-state index in [4.69, 9.17) is 15.6 Å². The number of nitrogens with zero attached hydrogens (tertiary/aromatic N) is 3. The van der Waals surface area contributed by atoms with Crippen LogP contribution in [-0.2, 0) is 9.53 Å². The maximum atomic E-state index is 11.5. The van der Waals surface area contributed by atoms with Gasteiger partial charge < -0.3 is 26.0 Å². The van der Waals surface area contributed by atoms with E-state index in [0.717, 1.165) is 6.33 Å². The van der Waals surface area contributed by atoms with Crippen molar-refractivity contribution >= 4 is 23.1 Å². The van der Waals surface area contributed by atoms with Gasteiger partial charge in [0.2, 0.25) is 11.6 Å². The van der Waals surface area contributed by atoms with Gasteiger partial charge in [-0.25, -0.2) is 9.97 Å². The summed E-state index contributed by atoms with van der Waals surface area (Å²) in [7, 11) is 0. The number of anilines is 2. The number of ketones is 1. The number of hydrogen-bond donors (Lipinski definition) is 4. The lowest BCUT2D eigenvalue weighted by Crippen LogP contribution is -2.33. The maximum Gasteiger partial charge on any atom is 0.353 e. The van der Waals surface area contributed by atoms with Crippen molar-refractivity contribution in [3.8, 4) is 0 Å². The van der Waals surface area contributed by atoms with E-state index in [1.165, 1.54) is 0 Å². The number of nitrogens with two attached hydrogens (primary N) is 1. The molecule has 11 heteroatoms. The molecule has 0 bridgehead atoms. The number of nitrogen functional groups attached to an aromatic ring is 1. The average molecular weight is 285 g/mol. The molecule has 1 aliphatic heterocycles. The summed E-state index contributed by atoms with van der Waals surface area (Å²) < 4.78 is 5.03. The molecule has 11 nitrogen and oxygen atoms in total. The van der Waals surface area contributed by atoms with Crippen LogP contribution < -0.4 is 11.1 Å². The highest BCUT2D eigenvalue weighted by Gasteiger charge is 2.43. The Morgan fingerprint density at radius 3 is 2.80 bits per heavy atom. The minimum atomic E-state index is -1.58. The standard InChI is InChI=1S/C9H11N5O6/c10-7-4(14(18)19)8(12-2-11-7)13-9-6(17)5(16)3(1-15)20-9/h2-3,6,9,15,17H,1H2,(H3,10,11,12,13)/t3-,6-,9-/m1/s1. The summed E-state index contributed by atoms with van der Waals surface area (Å²) in [5, 5.41) is 31.8. The van der Waals surface area contributed by atoms with Gasteiger partial charge in [0, 0.05) is 0 Å². The highest BCUT2D eigenvalue weighted by Crippen LogP contribution is 2.28. The molecule has 0 aliphatic carbocycles. The van der Waals surface area contributed by atoms with E-state index in [1.54, 1.807) is 0 Å². The SMILES string of the molecule is Nc1ncnc(N[C@@H]2O[C@H](CO)C(=O)[C@H]2O)c1[N+](=O)[O-]. The molecule has 2 heterocycles. The van der Waals surface area contributed by atoms with Crippen LogP contribution in [0.4, 0.5) is 17.3 Å². The summed E-state index contributed by atoms with van der Waals surface area (Å²) in [6, 6.07) is 0. The zero-order valence-corrected chi connectivity index (χ0v) is 9.96. The van der Waals surface area contributed by atoms with E-state index in [9.17, 15) is 20.0 Å². The van der Waals surface area contributed by atoms with Gasteiger partial charge in [0.05, 0.1) is 11.5 Å². The Labute approximate surface area is 111 Å². The van der Waals surface area contributed by atoms with Crippen LogP contribution in [0.25, 0.3) is 0 Å². The second kappa shape index (κ2) is 5.32. The topological polar surface area (TPSA) is 174 Å². The molecule has 1 aromatic heterocycles. The molecular weight excluding hydrogens is 274 g/mol. The van der Waals surface area contributed by atoms with Crippen LogP contribution >= 0.6 is 0 Å². The minimum Gasteiger partial charge on any atom is -0.393 e. The molecule has 5 N–H and O–H groups in total. The Morgan fingerprint density at radius 2 is 2.25 bits per heavy atom. The Balaban J connectivity index is 2.25. The molecule has 3 atom stereocenters. The van der Waals surface area contributed by atoms with Gasteiger partial charge in [0.1, 0.15) is 12.4 Å². The lowest BCUT2D eigenvalue weighted by molar-refractivity contribution is -0.383. The quantitative estimate of drug-likeness (QED) is 0.358. The Hall–Kier alpha value is -2.37. The number of ether oxygens (including phenoxy) is 1. The second-order valence-corrected chi connectivity index (χ2v) is 3.93. The van der Waals surface area contributed by atoms with E-state index < -0.39 is 41.4 Å². The van der Waals surface area contributed by atoms with E-state index in [0.29, 0.717) is 0 Å². The van der Waals surface area contributed by atoms with Gasteiger partial charge in [-0.2, -0.15) is 0 Å². The number of aliphatic hydroxyl groups excluding tert-OH is 2. The first-order chi connectivity index (χ1) is 9.45. The van der Waals surface area contributed by atoms with Crippen LogP contribution in [0.15, 0.2) is 6.33 Å². The van der Waals surface area contributed by atoms with Gasteiger partial charge in [-0.3, -0.25) is 14.9 Å². The third-order valence-electron chi connectivity index (χ3n) is 2.68. The molecule has 2 rings (SSSR count). The molecule has 20 heavy (non-hydrogen) atoms. The number of aliphatic hydroxyl groups is 2. The van der Waals surface area contributed by atoms with Crippen molar-refractivity contribution in [1.29, 1.82) is 0 Å². The molecule has 0 radical (unpaired) electrons. The zero-order valence-electron chi connectivity index (χ0n) is 9.96. The third kappa shape index (κ3) is 2.36. The fourth-order valence-electron chi connectivity index (χ4n) is 1.72. The van der Waals surface area contributed by atoms with E-state index in [-0.39, 0.29) is 11.6 Å². The van der Waals surface area contributed by atoms with Gasteiger partial charge in [-0.1, -0.05) is 0 Å². The number of hydrogen-bond acceptors (Lipinski definition) is 10. The number of carbonyl (C=O) groups excluding carboxylic acids is 1. The summed E-state index contributed by atoms with van der Waals surface area (Å²) in [5.74, 6) is -1.39. The Bertz CT molecular complexity index is 552. The Kier molecular flexibility index (Phi) is 3.74. The van der Waals surface area contributed by atoms with Gasteiger partial charge >= 0.3 is 5.69 Å². The first kappa shape index (κ1) is 14.0. The van der Waals surface area contributed by atoms with Crippen molar-refractivity contribution in [2.24, 2.45) is 0 Å². The molecule has 1 fully saturated rings. The van der Waals surface area contributed by atoms with Crippen molar-refractivity contribution in [2.75, 3.05) is 17.7 Å². The molecule has 0 unspecified atom stereocenters. The van der Waals surface area contributed by atoms with Crippen LogP contribution in [-0.4, -0.2) is 55.9 Å². The number of nitro groups is 1.